The Labute approximate surface area is 174 Å². The van der Waals surface area contributed by atoms with Gasteiger partial charge in [0.2, 0.25) is 11.9 Å². The molecule has 5 rings (SSSR count). The third kappa shape index (κ3) is 3.77. The van der Waals surface area contributed by atoms with Crippen LogP contribution >= 0.6 is 0 Å². The maximum absolute atomic E-state index is 5.42. The molecule has 0 unspecified atom stereocenters. The van der Waals surface area contributed by atoms with Gasteiger partial charge in [-0.1, -0.05) is 12.1 Å². The predicted octanol–water partition coefficient (Wildman–Crippen LogP) is 3.69. The van der Waals surface area contributed by atoms with Crippen LogP contribution in [0.3, 0.4) is 0 Å². The van der Waals surface area contributed by atoms with Gasteiger partial charge in [0.15, 0.2) is 0 Å². The Morgan fingerprint density at radius 1 is 0.900 bits per heavy atom. The number of anilines is 5. The van der Waals surface area contributed by atoms with Crippen molar-refractivity contribution in [3.63, 3.8) is 0 Å². The van der Waals surface area contributed by atoms with Gasteiger partial charge < -0.3 is 19.5 Å². The molecule has 0 bridgehead atoms. The number of imidazole rings is 1. The van der Waals surface area contributed by atoms with E-state index in [2.05, 4.69) is 54.8 Å². The van der Waals surface area contributed by atoms with Gasteiger partial charge in [0.05, 0.1) is 24.2 Å². The van der Waals surface area contributed by atoms with Crippen molar-refractivity contribution in [2.75, 3.05) is 41.8 Å². The van der Waals surface area contributed by atoms with Crippen molar-refractivity contribution in [1.29, 1.82) is 0 Å². The fourth-order valence-electron chi connectivity index (χ4n) is 3.57. The second-order valence-electron chi connectivity index (χ2n) is 7.14. The highest BCUT2D eigenvalue weighted by Gasteiger charge is 2.11. The maximum atomic E-state index is 5.42. The number of aromatic nitrogens is 4. The first-order valence-electron chi connectivity index (χ1n) is 9.97. The third-order valence-corrected chi connectivity index (χ3v) is 5.18. The minimum Gasteiger partial charge on any atom is -0.378 e. The maximum Gasteiger partial charge on any atom is 0.231 e. The normalized spacial score (nSPS) is 14.1. The number of rotatable bonds is 5. The number of ether oxygens (including phenoxy) is 1. The minimum absolute atomic E-state index is 0.489. The van der Waals surface area contributed by atoms with Crippen LogP contribution in [-0.2, 0) is 11.8 Å². The number of hydrogen-bond donors (Lipinski definition) is 2. The number of aryl methyl sites for hydroxylation is 1. The standard InChI is InChI=1S/C22H23N7O/c1-28-19-5-3-2-4-18(19)25-22(28)27-21-23-11-10-20(26-21)24-16-6-8-17(9-7-16)29-12-14-30-15-13-29/h2-11H,12-15H2,1H3,(H2,23,24,25,26,27). The molecule has 30 heavy (non-hydrogen) atoms. The Morgan fingerprint density at radius 2 is 1.70 bits per heavy atom. The molecule has 1 fully saturated rings. The molecule has 8 nitrogen and oxygen atoms in total. The Kier molecular flexibility index (Phi) is 4.90. The Morgan fingerprint density at radius 3 is 2.50 bits per heavy atom. The molecule has 0 spiro atoms. The van der Waals surface area contributed by atoms with Crippen LogP contribution in [-0.4, -0.2) is 45.8 Å². The Bertz CT molecular complexity index is 1150. The van der Waals surface area contributed by atoms with Crippen LogP contribution in [0.4, 0.5) is 29.1 Å². The van der Waals surface area contributed by atoms with Crippen LogP contribution in [0.1, 0.15) is 0 Å². The number of nitrogens with zero attached hydrogens (tertiary/aromatic N) is 5. The molecule has 0 atom stereocenters. The molecule has 8 heteroatoms. The van der Waals surface area contributed by atoms with E-state index in [0.717, 1.165) is 43.0 Å². The highest BCUT2D eigenvalue weighted by molar-refractivity contribution is 5.79. The van der Waals surface area contributed by atoms with Gasteiger partial charge in [-0.25, -0.2) is 9.97 Å². The molecule has 2 aromatic carbocycles. The summed E-state index contributed by atoms with van der Waals surface area (Å²) in [6.07, 6.45) is 1.72. The molecule has 2 aromatic heterocycles. The van der Waals surface area contributed by atoms with Crippen LogP contribution in [0.15, 0.2) is 60.8 Å². The zero-order valence-corrected chi connectivity index (χ0v) is 16.7. The molecular weight excluding hydrogens is 378 g/mol. The first-order chi connectivity index (χ1) is 14.8. The van der Waals surface area contributed by atoms with E-state index in [9.17, 15) is 0 Å². The first kappa shape index (κ1) is 18.4. The lowest BCUT2D eigenvalue weighted by Crippen LogP contribution is -2.36. The van der Waals surface area contributed by atoms with E-state index in [0.29, 0.717) is 17.7 Å². The number of benzene rings is 2. The van der Waals surface area contributed by atoms with Crippen LogP contribution in [0.2, 0.25) is 0 Å². The molecule has 4 aromatic rings. The molecule has 0 saturated carbocycles. The molecule has 1 saturated heterocycles. The van der Waals surface area contributed by atoms with Gasteiger partial charge in [0.1, 0.15) is 5.82 Å². The lowest BCUT2D eigenvalue weighted by molar-refractivity contribution is 0.122. The lowest BCUT2D eigenvalue weighted by atomic mass is 10.2. The largest absolute Gasteiger partial charge is 0.378 e. The Balaban J connectivity index is 1.30. The Hall–Kier alpha value is -3.65. The van der Waals surface area contributed by atoms with Crippen molar-refractivity contribution in [2.24, 2.45) is 7.05 Å². The SMILES string of the molecule is Cn1c(Nc2nccc(Nc3ccc(N4CCOCC4)cc3)n2)nc2ccccc21. The zero-order valence-electron chi connectivity index (χ0n) is 16.7. The van der Waals surface area contributed by atoms with E-state index in [-0.39, 0.29) is 0 Å². The van der Waals surface area contributed by atoms with E-state index in [1.165, 1.54) is 5.69 Å². The van der Waals surface area contributed by atoms with Crippen molar-refractivity contribution < 1.29 is 4.74 Å². The van der Waals surface area contributed by atoms with Gasteiger partial charge in [-0.05, 0) is 42.5 Å². The summed E-state index contributed by atoms with van der Waals surface area (Å²) in [5, 5.41) is 6.55. The molecular formula is C22H23N7O. The van der Waals surface area contributed by atoms with Gasteiger partial charge in [-0.15, -0.1) is 0 Å². The van der Waals surface area contributed by atoms with E-state index in [1.807, 2.05) is 41.9 Å². The summed E-state index contributed by atoms with van der Waals surface area (Å²) in [4.78, 5) is 15.8. The average Bonchev–Trinajstić information content (AvgIpc) is 3.11. The number of nitrogens with one attached hydrogen (secondary N) is 2. The van der Waals surface area contributed by atoms with Crippen LogP contribution in [0, 0.1) is 0 Å². The van der Waals surface area contributed by atoms with E-state index < -0.39 is 0 Å². The molecule has 2 N–H and O–H groups in total. The first-order valence-corrected chi connectivity index (χ1v) is 9.97. The molecule has 0 aliphatic carbocycles. The molecule has 0 amide bonds. The number of fused-ring (bicyclic) bond motifs is 1. The van der Waals surface area contributed by atoms with Gasteiger partial charge >= 0.3 is 0 Å². The summed E-state index contributed by atoms with van der Waals surface area (Å²) in [5.74, 6) is 1.90. The monoisotopic (exact) mass is 401 g/mol. The smallest absolute Gasteiger partial charge is 0.231 e. The summed E-state index contributed by atoms with van der Waals surface area (Å²) in [6, 6.07) is 18.2. The number of hydrogen-bond acceptors (Lipinski definition) is 7. The topological polar surface area (TPSA) is 80.1 Å². The summed E-state index contributed by atoms with van der Waals surface area (Å²) >= 11 is 0. The molecule has 152 valence electrons. The fourth-order valence-corrected chi connectivity index (χ4v) is 3.57. The third-order valence-electron chi connectivity index (χ3n) is 5.18. The van der Waals surface area contributed by atoms with Crippen LogP contribution < -0.4 is 15.5 Å². The highest BCUT2D eigenvalue weighted by Crippen LogP contribution is 2.23. The molecule has 3 heterocycles. The van der Waals surface area contributed by atoms with Crippen molar-refractivity contribution in [3.05, 3.63) is 60.8 Å². The molecule has 1 aliphatic heterocycles. The summed E-state index contributed by atoms with van der Waals surface area (Å²) < 4.78 is 7.41. The van der Waals surface area contributed by atoms with E-state index >= 15 is 0 Å². The van der Waals surface area contributed by atoms with Gasteiger partial charge in [0.25, 0.3) is 0 Å². The van der Waals surface area contributed by atoms with Crippen molar-refractivity contribution >= 4 is 40.1 Å². The predicted molar refractivity (Wildman–Crippen MR) is 119 cm³/mol. The molecule has 1 aliphatic rings. The van der Waals surface area contributed by atoms with Crippen LogP contribution in [0.25, 0.3) is 11.0 Å². The van der Waals surface area contributed by atoms with Gasteiger partial charge in [-0.2, -0.15) is 4.98 Å². The zero-order chi connectivity index (χ0) is 20.3. The van der Waals surface area contributed by atoms with Gasteiger partial charge in [0, 0.05) is 37.7 Å². The van der Waals surface area contributed by atoms with E-state index in [1.54, 1.807) is 6.20 Å². The fraction of sp³-hybridized carbons (Fsp3) is 0.227. The van der Waals surface area contributed by atoms with Gasteiger partial charge in [-0.3, -0.25) is 5.32 Å². The second kappa shape index (κ2) is 8.00. The summed E-state index contributed by atoms with van der Waals surface area (Å²) in [6.45, 7) is 3.41. The second-order valence-corrected chi connectivity index (χ2v) is 7.14. The summed E-state index contributed by atoms with van der Waals surface area (Å²) in [7, 11) is 1.97. The van der Waals surface area contributed by atoms with Crippen molar-refractivity contribution in [3.8, 4) is 0 Å². The average molecular weight is 401 g/mol. The summed E-state index contributed by atoms with van der Waals surface area (Å²) in [5.41, 5.74) is 4.15. The van der Waals surface area contributed by atoms with Crippen LogP contribution in [0.5, 0.6) is 0 Å². The molecule has 0 radical (unpaired) electrons. The number of morpholine rings is 1. The van der Waals surface area contributed by atoms with Crippen molar-refractivity contribution in [1.82, 2.24) is 19.5 Å². The minimum atomic E-state index is 0.489. The lowest BCUT2D eigenvalue weighted by Gasteiger charge is -2.28. The quantitative estimate of drug-likeness (QED) is 0.528. The highest BCUT2D eigenvalue weighted by atomic mass is 16.5. The number of para-hydroxylation sites is 2. The van der Waals surface area contributed by atoms with E-state index in [4.69, 9.17) is 4.74 Å². The van der Waals surface area contributed by atoms with Crippen molar-refractivity contribution in [2.45, 2.75) is 0 Å².